The van der Waals surface area contributed by atoms with Crippen LogP contribution in [0.5, 0.6) is 0 Å². The lowest BCUT2D eigenvalue weighted by molar-refractivity contribution is 0.436. The zero-order valence-electron chi connectivity index (χ0n) is 11.3. The molecule has 1 aliphatic rings. The maximum Gasteiger partial charge on any atom is 0.123 e. The number of hydrogen-bond donors (Lipinski definition) is 1. The smallest absolute Gasteiger partial charge is 0.123 e. The normalized spacial score (nSPS) is 18.6. The summed E-state index contributed by atoms with van der Waals surface area (Å²) < 4.78 is 13.6. The maximum atomic E-state index is 13.6. The fraction of sp³-hybridized carbons (Fsp3) is 0.294. The molecule has 0 aliphatic heterocycles. The second kappa shape index (κ2) is 4.78. The Kier molecular flexibility index (Phi) is 3.11. The average Bonchev–Trinajstić information content (AvgIpc) is 2.34. The molecule has 0 fully saturated rings. The average molecular weight is 255 g/mol. The number of benzene rings is 2. The Morgan fingerprint density at radius 3 is 2.68 bits per heavy atom. The fourth-order valence-corrected chi connectivity index (χ4v) is 3.14. The zero-order valence-corrected chi connectivity index (χ0v) is 11.3. The quantitative estimate of drug-likeness (QED) is 0.881. The Labute approximate surface area is 113 Å². The molecule has 0 aromatic heterocycles. The molecule has 0 saturated carbocycles. The summed E-state index contributed by atoms with van der Waals surface area (Å²) in [5.41, 5.74) is 4.83. The lowest BCUT2D eigenvalue weighted by Crippen LogP contribution is -2.31. The van der Waals surface area contributed by atoms with Crippen LogP contribution in [0.25, 0.3) is 0 Å². The van der Waals surface area contributed by atoms with E-state index in [2.05, 4.69) is 35.6 Å². The molecule has 98 valence electrons. The van der Waals surface area contributed by atoms with Crippen LogP contribution in [0.1, 0.15) is 34.2 Å². The van der Waals surface area contributed by atoms with Gasteiger partial charge < -0.3 is 5.32 Å². The summed E-state index contributed by atoms with van der Waals surface area (Å²) in [4.78, 5) is 0. The predicted molar refractivity (Wildman–Crippen MR) is 75.8 cm³/mol. The van der Waals surface area contributed by atoms with E-state index in [1.807, 2.05) is 14.0 Å². The first-order valence-electron chi connectivity index (χ1n) is 6.71. The summed E-state index contributed by atoms with van der Waals surface area (Å²) >= 11 is 0. The first kappa shape index (κ1) is 12.4. The summed E-state index contributed by atoms with van der Waals surface area (Å²) in [6.07, 6.45) is 1.07. The molecule has 2 heteroatoms. The molecule has 2 aromatic carbocycles. The molecule has 0 saturated heterocycles. The monoisotopic (exact) mass is 255 g/mol. The van der Waals surface area contributed by atoms with Crippen molar-refractivity contribution in [2.45, 2.75) is 25.3 Å². The van der Waals surface area contributed by atoms with Crippen LogP contribution in [0.2, 0.25) is 0 Å². The van der Waals surface area contributed by atoms with E-state index in [0.717, 1.165) is 17.5 Å². The largest absolute Gasteiger partial charge is 0.312 e. The molecule has 19 heavy (non-hydrogen) atoms. The Bertz CT molecular complexity index is 586. The highest BCUT2D eigenvalue weighted by atomic mass is 19.1. The van der Waals surface area contributed by atoms with Crippen molar-refractivity contribution in [1.82, 2.24) is 5.32 Å². The summed E-state index contributed by atoms with van der Waals surface area (Å²) in [6, 6.07) is 14.0. The third-order valence-corrected chi connectivity index (χ3v) is 4.03. The number of nitrogens with one attached hydrogen (secondary N) is 1. The van der Waals surface area contributed by atoms with Crippen molar-refractivity contribution in [3.05, 3.63) is 70.5 Å². The Morgan fingerprint density at radius 1 is 1.21 bits per heavy atom. The Morgan fingerprint density at radius 2 is 2.00 bits per heavy atom. The van der Waals surface area contributed by atoms with Gasteiger partial charge in [-0.05, 0) is 54.8 Å². The number of hydrogen-bond acceptors (Lipinski definition) is 1. The molecule has 2 aromatic rings. The van der Waals surface area contributed by atoms with Crippen LogP contribution in [-0.4, -0.2) is 7.05 Å². The number of halogens is 1. The van der Waals surface area contributed by atoms with Crippen LogP contribution in [0.15, 0.2) is 42.5 Å². The van der Waals surface area contributed by atoms with Crippen LogP contribution in [0.4, 0.5) is 4.39 Å². The van der Waals surface area contributed by atoms with Crippen molar-refractivity contribution in [2.75, 3.05) is 7.05 Å². The van der Waals surface area contributed by atoms with E-state index in [-0.39, 0.29) is 11.9 Å². The molecule has 1 nitrogen and oxygen atoms in total. The molecular weight excluding hydrogens is 237 g/mol. The second-order valence-electron chi connectivity index (χ2n) is 5.34. The Hall–Kier alpha value is -1.67. The van der Waals surface area contributed by atoms with Gasteiger partial charge >= 0.3 is 0 Å². The van der Waals surface area contributed by atoms with E-state index >= 15 is 0 Å². The van der Waals surface area contributed by atoms with E-state index in [1.165, 1.54) is 11.1 Å². The maximum absolute atomic E-state index is 13.6. The fourth-order valence-electron chi connectivity index (χ4n) is 3.14. The van der Waals surface area contributed by atoms with Crippen molar-refractivity contribution in [3.63, 3.8) is 0 Å². The predicted octanol–water partition coefficient (Wildman–Crippen LogP) is 3.73. The van der Waals surface area contributed by atoms with E-state index in [4.69, 9.17) is 0 Å². The molecule has 1 N–H and O–H groups in total. The van der Waals surface area contributed by atoms with Gasteiger partial charge in [-0.15, -0.1) is 0 Å². The number of aryl methyl sites for hydroxylation is 1. The van der Waals surface area contributed by atoms with Gasteiger partial charge in [0, 0.05) is 12.0 Å². The highest BCUT2D eigenvalue weighted by Gasteiger charge is 2.32. The Balaban J connectivity index is 1.94. The summed E-state index contributed by atoms with van der Waals surface area (Å²) in [7, 11) is 1.95. The first-order chi connectivity index (χ1) is 9.19. The van der Waals surface area contributed by atoms with Crippen molar-refractivity contribution in [2.24, 2.45) is 0 Å². The van der Waals surface area contributed by atoms with Gasteiger partial charge in [-0.2, -0.15) is 0 Å². The lowest BCUT2D eigenvalue weighted by Gasteiger charge is -2.37. The molecule has 1 aliphatic carbocycles. The molecule has 2 unspecified atom stereocenters. The van der Waals surface area contributed by atoms with Gasteiger partial charge in [-0.1, -0.05) is 30.3 Å². The summed E-state index contributed by atoms with van der Waals surface area (Å²) in [6.45, 7) is 1.94. The highest BCUT2D eigenvalue weighted by Crippen LogP contribution is 2.43. The van der Waals surface area contributed by atoms with Crippen molar-refractivity contribution in [1.29, 1.82) is 0 Å². The number of rotatable bonds is 3. The third kappa shape index (κ3) is 2.17. The molecule has 0 heterocycles. The minimum atomic E-state index is -0.150. The van der Waals surface area contributed by atoms with Crippen LogP contribution in [0.3, 0.4) is 0 Å². The second-order valence-corrected chi connectivity index (χ2v) is 5.34. The summed E-state index contributed by atoms with van der Waals surface area (Å²) in [5, 5.41) is 3.35. The van der Waals surface area contributed by atoms with Gasteiger partial charge in [0.1, 0.15) is 5.82 Å². The van der Waals surface area contributed by atoms with E-state index in [0.29, 0.717) is 5.92 Å². The lowest BCUT2D eigenvalue weighted by atomic mass is 9.71. The van der Waals surface area contributed by atoms with Gasteiger partial charge in [0.15, 0.2) is 0 Å². The SMILES string of the molecule is CNC(c1cc(C)cc(F)c1)C1Cc2ccccc21. The van der Waals surface area contributed by atoms with Gasteiger partial charge in [-0.25, -0.2) is 4.39 Å². The molecule has 0 radical (unpaired) electrons. The van der Waals surface area contributed by atoms with Gasteiger partial charge in [0.25, 0.3) is 0 Å². The zero-order chi connectivity index (χ0) is 13.4. The number of likely N-dealkylation sites (N-methyl/N-ethyl adjacent to an activating group) is 1. The van der Waals surface area contributed by atoms with Gasteiger partial charge in [0.05, 0.1) is 0 Å². The van der Waals surface area contributed by atoms with Crippen LogP contribution in [-0.2, 0) is 6.42 Å². The minimum Gasteiger partial charge on any atom is -0.312 e. The minimum absolute atomic E-state index is 0.150. The highest BCUT2D eigenvalue weighted by molar-refractivity contribution is 5.43. The summed E-state index contributed by atoms with van der Waals surface area (Å²) in [5.74, 6) is 0.297. The van der Waals surface area contributed by atoms with Crippen LogP contribution >= 0.6 is 0 Å². The van der Waals surface area contributed by atoms with E-state index in [9.17, 15) is 4.39 Å². The number of fused-ring (bicyclic) bond motifs is 1. The van der Waals surface area contributed by atoms with Crippen molar-refractivity contribution < 1.29 is 4.39 Å². The molecule has 2 atom stereocenters. The topological polar surface area (TPSA) is 12.0 Å². The van der Waals surface area contributed by atoms with E-state index < -0.39 is 0 Å². The molecular formula is C17H18FN. The van der Waals surface area contributed by atoms with Crippen LogP contribution < -0.4 is 5.32 Å². The van der Waals surface area contributed by atoms with E-state index in [1.54, 1.807) is 12.1 Å². The van der Waals surface area contributed by atoms with Crippen molar-refractivity contribution in [3.8, 4) is 0 Å². The molecule has 0 bridgehead atoms. The van der Waals surface area contributed by atoms with Gasteiger partial charge in [0.2, 0.25) is 0 Å². The van der Waals surface area contributed by atoms with Crippen LogP contribution in [0, 0.1) is 12.7 Å². The molecule has 3 rings (SSSR count). The third-order valence-electron chi connectivity index (χ3n) is 4.03. The van der Waals surface area contributed by atoms with Gasteiger partial charge in [-0.3, -0.25) is 0 Å². The molecule has 0 amide bonds. The standard InChI is InChI=1S/C17H18FN/c1-11-7-13(9-14(18)8-11)17(19-2)16-10-12-5-3-4-6-15(12)16/h3-9,16-17,19H,10H2,1-2H3. The van der Waals surface area contributed by atoms with Crippen molar-refractivity contribution >= 4 is 0 Å². The molecule has 0 spiro atoms. The first-order valence-corrected chi connectivity index (χ1v) is 6.71.